The van der Waals surface area contributed by atoms with Crippen molar-refractivity contribution in [3.63, 3.8) is 0 Å². The molecule has 1 aliphatic rings. The first kappa shape index (κ1) is 8.52. The lowest BCUT2D eigenvalue weighted by Gasteiger charge is -1.97. The Morgan fingerprint density at radius 1 is 1.23 bits per heavy atom. The van der Waals surface area contributed by atoms with Crippen LogP contribution in [0.1, 0.15) is 29.9 Å². The fourth-order valence-electron chi connectivity index (χ4n) is 1.50. The molecule has 0 heterocycles. The van der Waals surface area contributed by atoms with Gasteiger partial charge in [0.15, 0.2) is 0 Å². The fraction of sp³-hybridized carbons (Fsp3) is 0.333. The van der Waals surface area contributed by atoms with Crippen molar-refractivity contribution in [2.24, 2.45) is 5.73 Å². The van der Waals surface area contributed by atoms with E-state index in [4.69, 9.17) is 5.73 Å². The quantitative estimate of drug-likeness (QED) is 0.746. The molecule has 0 aromatic heterocycles. The average molecular weight is 173 g/mol. The van der Waals surface area contributed by atoms with E-state index in [0.717, 1.165) is 5.92 Å². The summed E-state index contributed by atoms with van der Waals surface area (Å²) in [5, 5.41) is 0. The second-order valence-corrected chi connectivity index (χ2v) is 3.58. The molecule has 1 aromatic rings. The van der Waals surface area contributed by atoms with Gasteiger partial charge in [-0.1, -0.05) is 36.4 Å². The van der Waals surface area contributed by atoms with Gasteiger partial charge in [-0.05, 0) is 29.9 Å². The Hall–Kier alpha value is -1.08. The molecule has 1 aromatic carbocycles. The first-order valence-corrected chi connectivity index (χ1v) is 4.87. The van der Waals surface area contributed by atoms with Gasteiger partial charge in [0.2, 0.25) is 0 Å². The van der Waals surface area contributed by atoms with Crippen LogP contribution in [0.25, 0.3) is 6.08 Å². The monoisotopic (exact) mass is 173 g/mol. The SMILES string of the molecule is NC/C=C/c1ccc(C2CC2)cc1. The number of benzene rings is 1. The van der Waals surface area contributed by atoms with Crippen LogP contribution >= 0.6 is 0 Å². The van der Waals surface area contributed by atoms with Gasteiger partial charge < -0.3 is 5.73 Å². The van der Waals surface area contributed by atoms with E-state index in [-0.39, 0.29) is 0 Å². The molecule has 1 aliphatic carbocycles. The van der Waals surface area contributed by atoms with Gasteiger partial charge in [0.25, 0.3) is 0 Å². The molecule has 2 rings (SSSR count). The maximum atomic E-state index is 5.38. The molecular weight excluding hydrogens is 158 g/mol. The van der Waals surface area contributed by atoms with Gasteiger partial charge in [0.05, 0.1) is 0 Å². The van der Waals surface area contributed by atoms with Crippen LogP contribution in [0.5, 0.6) is 0 Å². The van der Waals surface area contributed by atoms with Gasteiger partial charge in [0, 0.05) is 6.54 Å². The van der Waals surface area contributed by atoms with Crippen molar-refractivity contribution in [1.82, 2.24) is 0 Å². The summed E-state index contributed by atoms with van der Waals surface area (Å²) in [6.45, 7) is 0.615. The molecule has 1 fully saturated rings. The van der Waals surface area contributed by atoms with Crippen molar-refractivity contribution in [2.75, 3.05) is 6.54 Å². The summed E-state index contributed by atoms with van der Waals surface area (Å²) in [4.78, 5) is 0. The zero-order valence-electron chi connectivity index (χ0n) is 7.74. The first-order valence-electron chi connectivity index (χ1n) is 4.87. The molecule has 68 valence electrons. The van der Waals surface area contributed by atoms with E-state index in [9.17, 15) is 0 Å². The minimum Gasteiger partial charge on any atom is -0.327 e. The average Bonchev–Trinajstić information content (AvgIpc) is 2.99. The van der Waals surface area contributed by atoms with E-state index >= 15 is 0 Å². The number of nitrogens with two attached hydrogens (primary N) is 1. The van der Waals surface area contributed by atoms with Gasteiger partial charge in [-0.2, -0.15) is 0 Å². The minimum absolute atomic E-state index is 0.615. The van der Waals surface area contributed by atoms with Crippen molar-refractivity contribution in [1.29, 1.82) is 0 Å². The third-order valence-electron chi connectivity index (χ3n) is 2.43. The van der Waals surface area contributed by atoms with Crippen LogP contribution in [0.4, 0.5) is 0 Å². The smallest absolute Gasteiger partial charge is 0.0110 e. The van der Waals surface area contributed by atoms with Gasteiger partial charge >= 0.3 is 0 Å². The molecule has 1 nitrogen and oxygen atoms in total. The maximum absolute atomic E-state index is 5.38. The fourth-order valence-corrected chi connectivity index (χ4v) is 1.50. The lowest BCUT2D eigenvalue weighted by Crippen LogP contribution is -1.91. The molecular formula is C12H15N. The Balaban J connectivity index is 2.08. The van der Waals surface area contributed by atoms with E-state index in [0.29, 0.717) is 6.54 Å². The highest BCUT2D eigenvalue weighted by atomic mass is 14.5. The normalized spacial score (nSPS) is 16.7. The zero-order valence-corrected chi connectivity index (χ0v) is 7.74. The Kier molecular flexibility index (Phi) is 2.46. The van der Waals surface area contributed by atoms with Crippen LogP contribution in [0, 0.1) is 0 Å². The molecule has 0 spiro atoms. The van der Waals surface area contributed by atoms with Gasteiger partial charge in [0.1, 0.15) is 0 Å². The van der Waals surface area contributed by atoms with E-state index in [2.05, 4.69) is 30.3 Å². The summed E-state index contributed by atoms with van der Waals surface area (Å²) in [6, 6.07) is 8.79. The van der Waals surface area contributed by atoms with Gasteiger partial charge in [-0.25, -0.2) is 0 Å². The van der Waals surface area contributed by atoms with Crippen LogP contribution in [-0.4, -0.2) is 6.54 Å². The molecule has 0 saturated heterocycles. The highest BCUT2D eigenvalue weighted by molar-refractivity contribution is 5.50. The van der Waals surface area contributed by atoms with Crippen molar-refractivity contribution in [3.8, 4) is 0 Å². The molecule has 13 heavy (non-hydrogen) atoms. The number of hydrogen-bond donors (Lipinski definition) is 1. The lowest BCUT2D eigenvalue weighted by atomic mass is 10.1. The predicted octanol–water partition coefficient (Wildman–Crippen LogP) is 2.54. The predicted molar refractivity (Wildman–Crippen MR) is 56.5 cm³/mol. The van der Waals surface area contributed by atoms with Crippen molar-refractivity contribution in [2.45, 2.75) is 18.8 Å². The highest BCUT2D eigenvalue weighted by Gasteiger charge is 2.22. The second-order valence-electron chi connectivity index (χ2n) is 3.58. The van der Waals surface area contributed by atoms with Crippen LogP contribution in [0.15, 0.2) is 30.3 Å². The number of hydrogen-bond acceptors (Lipinski definition) is 1. The first-order chi connectivity index (χ1) is 6.40. The van der Waals surface area contributed by atoms with Crippen LogP contribution in [-0.2, 0) is 0 Å². The topological polar surface area (TPSA) is 26.0 Å². The third kappa shape index (κ3) is 2.19. The molecule has 0 unspecified atom stereocenters. The maximum Gasteiger partial charge on any atom is 0.0110 e. The van der Waals surface area contributed by atoms with Crippen molar-refractivity contribution >= 4 is 6.08 Å². The standard InChI is InChI=1S/C12H15N/c13-9-1-2-10-3-5-11(6-4-10)12-7-8-12/h1-6,12H,7-9,13H2/b2-1+. The summed E-state index contributed by atoms with van der Waals surface area (Å²) in [6.07, 6.45) is 6.79. The second kappa shape index (κ2) is 3.75. The largest absolute Gasteiger partial charge is 0.327 e. The molecule has 0 atom stereocenters. The van der Waals surface area contributed by atoms with Crippen molar-refractivity contribution < 1.29 is 0 Å². The van der Waals surface area contributed by atoms with Crippen LogP contribution in [0.2, 0.25) is 0 Å². The summed E-state index contributed by atoms with van der Waals surface area (Å²) < 4.78 is 0. The molecule has 0 bridgehead atoms. The summed E-state index contributed by atoms with van der Waals surface area (Å²) in [7, 11) is 0. The van der Waals surface area contributed by atoms with Crippen LogP contribution < -0.4 is 5.73 Å². The van der Waals surface area contributed by atoms with E-state index in [1.54, 1.807) is 0 Å². The van der Waals surface area contributed by atoms with Gasteiger partial charge in [-0.15, -0.1) is 0 Å². The number of rotatable bonds is 3. The molecule has 1 saturated carbocycles. The summed E-state index contributed by atoms with van der Waals surface area (Å²) in [5.74, 6) is 0.854. The molecule has 0 aliphatic heterocycles. The van der Waals surface area contributed by atoms with Gasteiger partial charge in [-0.3, -0.25) is 0 Å². The Bertz CT molecular complexity index is 293. The Morgan fingerprint density at radius 3 is 2.46 bits per heavy atom. The van der Waals surface area contributed by atoms with Crippen molar-refractivity contribution in [3.05, 3.63) is 41.5 Å². The Morgan fingerprint density at radius 2 is 1.92 bits per heavy atom. The highest BCUT2D eigenvalue weighted by Crippen LogP contribution is 2.39. The molecule has 0 radical (unpaired) electrons. The summed E-state index contributed by atoms with van der Waals surface area (Å²) >= 11 is 0. The van der Waals surface area contributed by atoms with E-state index in [1.165, 1.54) is 24.0 Å². The zero-order chi connectivity index (χ0) is 9.10. The lowest BCUT2D eigenvalue weighted by molar-refractivity contribution is 1.13. The Labute approximate surface area is 79.3 Å². The van der Waals surface area contributed by atoms with Crippen LogP contribution in [0.3, 0.4) is 0 Å². The summed E-state index contributed by atoms with van der Waals surface area (Å²) in [5.41, 5.74) is 8.11. The van der Waals surface area contributed by atoms with E-state index in [1.807, 2.05) is 6.08 Å². The van der Waals surface area contributed by atoms with E-state index < -0.39 is 0 Å². The molecule has 2 N–H and O–H groups in total. The third-order valence-corrected chi connectivity index (χ3v) is 2.43. The minimum atomic E-state index is 0.615. The molecule has 1 heteroatoms. The molecule has 0 amide bonds.